The lowest BCUT2D eigenvalue weighted by Gasteiger charge is -2.29. The van der Waals surface area contributed by atoms with Gasteiger partial charge in [0.1, 0.15) is 0 Å². The lowest BCUT2D eigenvalue weighted by atomic mass is 9.83. The highest BCUT2D eigenvalue weighted by Gasteiger charge is 2.24. The van der Waals surface area contributed by atoms with Crippen molar-refractivity contribution in [2.75, 3.05) is 19.6 Å². The molecule has 0 spiro atoms. The average Bonchev–Trinajstić information content (AvgIpc) is 2.54. The van der Waals surface area contributed by atoms with E-state index in [-0.39, 0.29) is 11.3 Å². The summed E-state index contributed by atoms with van der Waals surface area (Å²) in [6, 6.07) is 7.88. The second kappa shape index (κ2) is 8.16. The molecule has 1 unspecified atom stereocenters. The average molecular weight is 337 g/mol. The molecule has 128 valence electrons. The highest BCUT2D eigenvalue weighted by atomic mass is 35.5. The van der Waals surface area contributed by atoms with Gasteiger partial charge in [-0.3, -0.25) is 4.79 Å². The fourth-order valence-electron chi connectivity index (χ4n) is 3.28. The molecule has 0 aromatic heterocycles. The van der Waals surface area contributed by atoms with Crippen LogP contribution in [0.2, 0.25) is 5.02 Å². The molecule has 2 rings (SSSR count). The van der Waals surface area contributed by atoms with Crippen LogP contribution >= 0.6 is 11.6 Å². The predicted molar refractivity (Wildman–Crippen MR) is 96.9 cm³/mol. The molecule has 1 aromatic carbocycles. The van der Waals surface area contributed by atoms with E-state index in [4.69, 9.17) is 11.6 Å². The first-order valence-corrected chi connectivity index (χ1v) is 9.00. The smallest absolute Gasteiger partial charge is 0.220 e. The SMILES string of the molecule is CC(CC(=O)NCC(C)(C)c1cccc(Cl)c1)C1CCNCC1. The van der Waals surface area contributed by atoms with E-state index in [1.807, 2.05) is 18.2 Å². The van der Waals surface area contributed by atoms with Crippen molar-refractivity contribution >= 4 is 17.5 Å². The van der Waals surface area contributed by atoms with Gasteiger partial charge in [-0.15, -0.1) is 0 Å². The Labute approximate surface area is 145 Å². The predicted octanol–water partition coefficient (Wildman–Crippen LogP) is 3.76. The van der Waals surface area contributed by atoms with Gasteiger partial charge in [-0.2, -0.15) is 0 Å². The van der Waals surface area contributed by atoms with E-state index in [1.54, 1.807) is 0 Å². The van der Waals surface area contributed by atoms with Gasteiger partial charge in [0.05, 0.1) is 0 Å². The van der Waals surface area contributed by atoms with E-state index >= 15 is 0 Å². The zero-order chi connectivity index (χ0) is 16.9. The molecule has 1 aliphatic rings. The topological polar surface area (TPSA) is 41.1 Å². The van der Waals surface area contributed by atoms with Crippen LogP contribution in [0.5, 0.6) is 0 Å². The monoisotopic (exact) mass is 336 g/mol. The van der Waals surface area contributed by atoms with Crippen LogP contribution in [-0.4, -0.2) is 25.5 Å². The Morgan fingerprint density at radius 3 is 2.74 bits per heavy atom. The van der Waals surface area contributed by atoms with E-state index < -0.39 is 0 Å². The summed E-state index contributed by atoms with van der Waals surface area (Å²) in [6.45, 7) is 9.27. The van der Waals surface area contributed by atoms with Crippen LogP contribution in [0, 0.1) is 11.8 Å². The van der Waals surface area contributed by atoms with Gasteiger partial charge in [0, 0.05) is 23.4 Å². The molecule has 3 nitrogen and oxygen atoms in total. The quantitative estimate of drug-likeness (QED) is 0.830. The molecule has 1 saturated heterocycles. The summed E-state index contributed by atoms with van der Waals surface area (Å²) in [5.74, 6) is 1.28. The summed E-state index contributed by atoms with van der Waals surface area (Å²) in [4.78, 5) is 12.3. The van der Waals surface area contributed by atoms with Gasteiger partial charge in [0.25, 0.3) is 0 Å². The molecular weight excluding hydrogens is 308 g/mol. The third-order valence-corrected chi connectivity index (χ3v) is 5.26. The number of halogens is 1. The Balaban J connectivity index is 1.83. The standard InChI is InChI=1S/C19H29ClN2O/c1-14(15-7-9-21-10-8-15)11-18(23)22-13-19(2,3)16-5-4-6-17(20)12-16/h4-6,12,14-15,21H,7-11,13H2,1-3H3,(H,22,23). The fourth-order valence-corrected chi connectivity index (χ4v) is 3.47. The number of piperidine rings is 1. The van der Waals surface area contributed by atoms with Crippen molar-refractivity contribution in [1.29, 1.82) is 0 Å². The summed E-state index contributed by atoms with van der Waals surface area (Å²) >= 11 is 6.08. The lowest BCUT2D eigenvalue weighted by Crippen LogP contribution is -2.38. The van der Waals surface area contributed by atoms with E-state index in [1.165, 1.54) is 12.8 Å². The number of hydrogen-bond acceptors (Lipinski definition) is 2. The highest BCUT2D eigenvalue weighted by Crippen LogP contribution is 2.26. The summed E-state index contributed by atoms with van der Waals surface area (Å²) in [5, 5.41) is 7.23. The summed E-state index contributed by atoms with van der Waals surface area (Å²) in [5.41, 5.74) is 1.02. The lowest BCUT2D eigenvalue weighted by molar-refractivity contribution is -0.122. The van der Waals surface area contributed by atoms with Crippen LogP contribution in [0.1, 0.15) is 45.6 Å². The molecule has 4 heteroatoms. The van der Waals surface area contributed by atoms with Crippen molar-refractivity contribution < 1.29 is 4.79 Å². The molecule has 1 aromatic rings. The van der Waals surface area contributed by atoms with Gasteiger partial charge in [0.2, 0.25) is 5.91 Å². The van der Waals surface area contributed by atoms with Crippen LogP contribution in [-0.2, 0) is 10.2 Å². The minimum absolute atomic E-state index is 0.126. The minimum atomic E-state index is -0.126. The normalized spacial score (nSPS) is 17.7. The molecule has 1 heterocycles. The molecule has 0 aliphatic carbocycles. The van der Waals surface area contributed by atoms with Gasteiger partial charge in [-0.1, -0.05) is 44.5 Å². The zero-order valence-corrected chi connectivity index (χ0v) is 15.2. The Morgan fingerprint density at radius 1 is 1.39 bits per heavy atom. The second-order valence-corrected chi connectivity index (χ2v) is 7.88. The van der Waals surface area contributed by atoms with E-state index in [0.29, 0.717) is 24.8 Å². The van der Waals surface area contributed by atoms with Crippen LogP contribution in [0.25, 0.3) is 0 Å². The maximum absolute atomic E-state index is 12.3. The molecule has 2 N–H and O–H groups in total. The largest absolute Gasteiger partial charge is 0.355 e. The van der Waals surface area contributed by atoms with E-state index in [2.05, 4.69) is 37.5 Å². The molecule has 0 saturated carbocycles. The molecule has 1 amide bonds. The summed E-state index contributed by atoms with van der Waals surface area (Å²) in [7, 11) is 0. The summed E-state index contributed by atoms with van der Waals surface area (Å²) < 4.78 is 0. The number of benzene rings is 1. The van der Waals surface area contributed by atoms with Crippen molar-refractivity contribution in [3.05, 3.63) is 34.9 Å². The molecule has 23 heavy (non-hydrogen) atoms. The highest BCUT2D eigenvalue weighted by molar-refractivity contribution is 6.30. The van der Waals surface area contributed by atoms with Crippen molar-refractivity contribution in [3.63, 3.8) is 0 Å². The van der Waals surface area contributed by atoms with E-state index in [0.717, 1.165) is 23.7 Å². The number of carbonyl (C=O) groups is 1. The first kappa shape index (κ1) is 18.3. The first-order valence-electron chi connectivity index (χ1n) is 8.62. The van der Waals surface area contributed by atoms with Gasteiger partial charge in [-0.05, 0) is 55.5 Å². The maximum Gasteiger partial charge on any atom is 0.220 e. The number of hydrogen-bond donors (Lipinski definition) is 2. The zero-order valence-electron chi connectivity index (χ0n) is 14.5. The molecule has 0 radical (unpaired) electrons. The minimum Gasteiger partial charge on any atom is -0.355 e. The number of amides is 1. The summed E-state index contributed by atoms with van der Waals surface area (Å²) in [6.07, 6.45) is 2.99. The van der Waals surface area contributed by atoms with Gasteiger partial charge >= 0.3 is 0 Å². The van der Waals surface area contributed by atoms with E-state index in [9.17, 15) is 4.79 Å². The molecule has 0 bridgehead atoms. The molecular formula is C19H29ClN2O. The Kier molecular flexibility index (Phi) is 6.49. The van der Waals surface area contributed by atoms with Crippen molar-refractivity contribution in [2.45, 2.75) is 45.4 Å². The Hall–Kier alpha value is -1.06. The molecule has 1 fully saturated rings. The van der Waals surface area contributed by atoms with Gasteiger partial charge in [0.15, 0.2) is 0 Å². The van der Waals surface area contributed by atoms with Crippen molar-refractivity contribution in [1.82, 2.24) is 10.6 Å². The Morgan fingerprint density at radius 2 is 2.09 bits per heavy atom. The van der Waals surface area contributed by atoms with Crippen LogP contribution in [0.3, 0.4) is 0 Å². The van der Waals surface area contributed by atoms with Crippen LogP contribution in [0.4, 0.5) is 0 Å². The van der Waals surface area contributed by atoms with Crippen LogP contribution < -0.4 is 10.6 Å². The molecule has 1 aliphatic heterocycles. The number of carbonyl (C=O) groups excluding carboxylic acids is 1. The van der Waals surface area contributed by atoms with Crippen molar-refractivity contribution in [2.24, 2.45) is 11.8 Å². The third kappa shape index (κ3) is 5.50. The first-order chi connectivity index (χ1) is 10.9. The van der Waals surface area contributed by atoms with Crippen LogP contribution in [0.15, 0.2) is 24.3 Å². The Bertz CT molecular complexity index is 524. The van der Waals surface area contributed by atoms with Gasteiger partial charge < -0.3 is 10.6 Å². The van der Waals surface area contributed by atoms with Gasteiger partial charge in [-0.25, -0.2) is 0 Å². The van der Waals surface area contributed by atoms with Crippen molar-refractivity contribution in [3.8, 4) is 0 Å². The third-order valence-electron chi connectivity index (χ3n) is 5.03. The fraction of sp³-hybridized carbons (Fsp3) is 0.632. The number of nitrogens with one attached hydrogen (secondary N) is 2. The molecule has 1 atom stereocenters. The number of rotatable bonds is 6. The maximum atomic E-state index is 12.3. The second-order valence-electron chi connectivity index (χ2n) is 7.44.